The number of pyridine rings is 1. The Morgan fingerprint density at radius 3 is 2.63 bits per heavy atom. The van der Waals surface area contributed by atoms with Crippen molar-refractivity contribution in [3.63, 3.8) is 0 Å². The van der Waals surface area contributed by atoms with Gasteiger partial charge in [0.25, 0.3) is 5.91 Å². The summed E-state index contributed by atoms with van der Waals surface area (Å²) in [6.45, 7) is -1.24. The summed E-state index contributed by atoms with van der Waals surface area (Å²) in [5.41, 5.74) is -3.60. The first-order valence-electron chi connectivity index (χ1n) is 9.95. The van der Waals surface area contributed by atoms with Crippen molar-refractivity contribution < 1.29 is 36.6 Å². The van der Waals surface area contributed by atoms with Crippen LogP contribution in [0.1, 0.15) is 16.1 Å². The molecule has 0 aliphatic heterocycles. The lowest BCUT2D eigenvalue weighted by Crippen LogP contribution is -2.51. The molecule has 2 heterocycles. The maximum absolute atomic E-state index is 14.1. The average Bonchev–Trinajstić information content (AvgIpc) is 3.31. The fourth-order valence-corrected chi connectivity index (χ4v) is 3.51. The number of hydrogen-bond donors (Lipinski definition) is 2. The lowest BCUT2D eigenvalue weighted by Gasteiger charge is -2.30. The summed E-state index contributed by atoms with van der Waals surface area (Å²) in [6, 6.07) is 9.67. The van der Waals surface area contributed by atoms with E-state index in [1.165, 1.54) is 43.5 Å². The molecule has 0 aliphatic rings. The van der Waals surface area contributed by atoms with Crippen LogP contribution < -0.4 is 10.1 Å². The number of alkyl halides is 3. The number of nitrogens with one attached hydrogen (secondary N) is 1. The van der Waals surface area contributed by atoms with Crippen molar-refractivity contribution in [2.24, 2.45) is 0 Å². The zero-order valence-corrected chi connectivity index (χ0v) is 18.6. The number of aromatic nitrogens is 2. The number of nitrogens with zero attached hydrogens (tertiary/aromatic N) is 2. The zero-order valence-electron chi connectivity index (χ0n) is 17.9. The van der Waals surface area contributed by atoms with Gasteiger partial charge in [-0.2, -0.15) is 13.2 Å². The second-order valence-electron chi connectivity index (χ2n) is 7.45. The van der Waals surface area contributed by atoms with E-state index in [0.717, 1.165) is 18.5 Å². The van der Waals surface area contributed by atoms with Crippen LogP contribution in [-0.4, -0.2) is 40.8 Å². The van der Waals surface area contributed by atoms with Gasteiger partial charge in [0.05, 0.1) is 24.4 Å². The Labute approximate surface area is 200 Å². The van der Waals surface area contributed by atoms with E-state index in [2.05, 4.69) is 15.3 Å². The summed E-state index contributed by atoms with van der Waals surface area (Å²) in [7, 11) is 1.27. The van der Waals surface area contributed by atoms with E-state index in [9.17, 15) is 27.5 Å². The van der Waals surface area contributed by atoms with Crippen LogP contribution in [0.2, 0.25) is 5.02 Å². The van der Waals surface area contributed by atoms with Crippen molar-refractivity contribution in [3.8, 4) is 17.0 Å². The normalized spacial score (nSPS) is 13.5. The van der Waals surface area contributed by atoms with Gasteiger partial charge in [-0.05, 0) is 48.5 Å². The summed E-state index contributed by atoms with van der Waals surface area (Å²) in [5, 5.41) is 12.5. The summed E-state index contributed by atoms with van der Waals surface area (Å²) >= 11 is 5.80. The Bertz CT molecular complexity index is 1410. The Hall–Kier alpha value is -3.70. The number of methoxy groups -OCH3 is 1. The van der Waals surface area contributed by atoms with E-state index in [1.54, 1.807) is 0 Å². The molecule has 2 aromatic heterocycles. The highest BCUT2D eigenvalue weighted by Crippen LogP contribution is 2.40. The van der Waals surface area contributed by atoms with Gasteiger partial charge < -0.3 is 19.6 Å². The van der Waals surface area contributed by atoms with Crippen molar-refractivity contribution >= 4 is 28.6 Å². The van der Waals surface area contributed by atoms with Crippen LogP contribution in [0, 0.1) is 5.82 Å². The Balaban J connectivity index is 1.69. The summed E-state index contributed by atoms with van der Waals surface area (Å²) in [6.07, 6.45) is -4.07. The Morgan fingerprint density at radius 1 is 1.17 bits per heavy atom. The van der Waals surface area contributed by atoms with Gasteiger partial charge in [0, 0.05) is 11.1 Å². The van der Waals surface area contributed by atoms with E-state index in [0.29, 0.717) is 5.52 Å². The smallest absolute Gasteiger partial charge is 0.424 e. The average molecular weight is 510 g/mol. The third-order valence-corrected chi connectivity index (χ3v) is 5.55. The fourth-order valence-electron chi connectivity index (χ4n) is 3.33. The first-order valence-corrected chi connectivity index (χ1v) is 10.3. The molecule has 0 saturated carbocycles. The number of fused-ring (bicyclic) bond motifs is 1. The van der Waals surface area contributed by atoms with Crippen molar-refractivity contribution in [2.45, 2.75) is 11.8 Å². The molecule has 0 aliphatic carbocycles. The first kappa shape index (κ1) is 24.4. The molecule has 7 nitrogen and oxygen atoms in total. The van der Waals surface area contributed by atoms with Crippen LogP contribution in [0.15, 0.2) is 59.3 Å². The third kappa shape index (κ3) is 4.64. The van der Waals surface area contributed by atoms with Crippen LogP contribution in [0.5, 0.6) is 5.75 Å². The molecule has 1 unspecified atom stereocenters. The maximum Gasteiger partial charge on any atom is 0.424 e. The van der Waals surface area contributed by atoms with Gasteiger partial charge in [-0.25, -0.2) is 14.4 Å². The highest BCUT2D eigenvalue weighted by Gasteiger charge is 2.56. The minimum atomic E-state index is -5.23. The molecule has 0 saturated heterocycles. The van der Waals surface area contributed by atoms with Gasteiger partial charge >= 0.3 is 6.18 Å². The van der Waals surface area contributed by atoms with Crippen molar-refractivity contribution in [2.75, 3.05) is 13.7 Å². The monoisotopic (exact) mass is 509 g/mol. The summed E-state index contributed by atoms with van der Waals surface area (Å²) in [5.74, 6) is -1.56. The minimum absolute atomic E-state index is 0.00288. The molecule has 1 atom stereocenters. The fraction of sp³-hybridized carbons (Fsp3) is 0.174. The number of hydrogen-bond acceptors (Lipinski definition) is 6. The highest BCUT2D eigenvalue weighted by molar-refractivity contribution is 6.31. The quantitative estimate of drug-likeness (QED) is 0.360. The van der Waals surface area contributed by atoms with Gasteiger partial charge in [0.1, 0.15) is 22.8 Å². The number of carbonyl (C=O) groups excluding carboxylic acids is 1. The number of amides is 1. The topological polar surface area (TPSA) is 97.5 Å². The van der Waals surface area contributed by atoms with Crippen molar-refractivity contribution in [1.82, 2.24) is 15.3 Å². The predicted molar refractivity (Wildman–Crippen MR) is 117 cm³/mol. The number of aliphatic hydroxyl groups is 1. The van der Waals surface area contributed by atoms with E-state index in [4.69, 9.17) is 20.8 Å². The summed E-state index contributed by atoms with van der Waals surface area (Å²) < 4.78 is 66.1. The number of benzene rings is 2. The number of rotatable bonds is 6. The van der Waals surface area contributed by atoms with Gasteiger partial charge in [0.2, 0.25) is 5.60 Å². The summed E-state index contributed by atoms with van der Waals surface area (Å²) in [4.78, 5) is 20.4. The second kappa shape index (κ2) is 9.16. The van der Waals surface area contributed by atoms with E-state index in [1.807, 2.05) is 0 Å². The molecule has 1 amide bonds. The highest BCUT2D eigenvalue weighted by atomic mass is 35.5. The molecule has 12 heteroatoms. The number of carbonyl (C=O) groups is 1. The van der Waals surface area contributed by atoms with Crippen LogP contribution in [0.25, 0.3) is 22.4 Å². The Kier molecular flexibility index (Phi) is 6.39. The van der Waals surface area contributed by atoms with Gasteiger partial charge in [0.15, 0.2) is 12.0 Å². The molecular weight excluding hydrogens is 494 g/mol. The van der Waals surface area contributed by atoms with E-state index in [-0.39, 0.29) is 33.2 Å². The minimum Gasteiger partial charge on any atom is -0.494 e. The molecule has 4 rings (SSSR count). The molecule has 0 spiro atoms. The zero-order chi connectivity index (χ0) is 25.4. The maximum atomic E-state index is 14.1. The molecule has 182 valence electrons. The van der Waals surface area contributed by atoms with E-state index < -0.39 is 35.7 Å². The van der Waals surface area contributed by atoms with E-state index >= 15 is 0 Å². The number of ether oxygens (including phenoxy) is 1. The molecule has 0 radical (unpaired) electrons. The van der Waals surface area contributed by atoms with Crippen LogP contribution in [0.3, 0.4) is 0 Å². The number of oxazole rings is 1. The molecule has 4 aromatic rings. The van der Waals surface area contributed by atoms with Crippen LogP contribution >= 0.6 is 11.6 Å². The van der Waals surface area contributed by atoms with Crippen molar-refractivity contribution in [1.29, 1.82) is 0 Å². The SMILES string of the molecule is COc1ccc(C(O)(CNC(=O)c2ccc3ncoc3c2)C(F)(F)F)nc1-c1ccc(F)c(Cl)c1. The number of halogens is 5. The van der Waals surface area contributed by atoms with Crippen LogP contribution in [-0.2, 0) is 5.60 Å². The lowest BCUT2D eigenvalue weighted by atomic mass is 9.96. The molecule has 2 N–H and O–H groups in total. The predicted octanol–water partition coefficient (Wildman–Crippen LogP) is 4.87. The molecule has 0 fully saturated rings. The second-order valence-corrected chi connectivity index (χ2v) is 7.86. The molecule has 0 bridgehead atoms. The molecule has 2 aromatic carbocycles. The largest absolute Gasteiger partial charge is 0.494 e. The van der Waals surface area contributed by atoms with Gasteiger partial charge in [-0.1, -0.05) is 11.6 Å². The molecular formula is C23H16ClF4N3O4. The molecule has 35 heavy (non-hydrogen) atoms. The van der Waals surface area contributed by atoms with Crippen molar-refractivity contribution in [3.05, 3.63) is 77.0 Å². The van der Waals surface area contributed by atoms with Gasteiger partial charge in [-0.3, -0.25) is 4.79 Å². The first-order chi connectivity index (χ1) is 16.5. The third-order valence-electron chi connectivity index (χ3n) is 5.26. The lowest BCUT2D eigenvalue weighted by molar-refractivity contribution is -0.265. The van der Waals surface area contributed by atoms with Crippen LogP contribution in [0.4, 0.5) is 17.6 Å². The standard InChI is InChI=1S/C23H16ClF4N3O4/c1-34-17-6-7-19(31-20(17)12-2-4-15(25)14(24)8-12)22(33,23(26,27)28)10-29-21(32)13-3-5-16-18(9-13)35-11-30-16/h2-9,11,33H,10H2,1H3,(H,29,32). The van der Waals surface area contributed by atoms with Gasteiger partial charge in [-0.15, -0.1) is 0 Å². The Morgan fingerprint density at radius 2 is 1.94 bits per heavy atom.